The molecule has 0 spiro atoms. The van der Waals surface area contributed by atoms with Crippen LogP contribution in [0.5, 0.6) is 0 Å². The Kier molecular flexibility index (Phi) is 65.9. The van der Waals surface area contributed by atoms with E-state index in [1.54, 1.807) is 0 Å². The smallest absolute Gasteiger partial charge is 0.305 e. The maximum Gasteiger partial charge on any atom is 0.305 e. The largest absolute Gasteiger partial charge is 0.466 e. The Balaban J connectivity index is 3.34. The van der Waals surface area contributed by atoms with Gasteiger partial charge in [-0.15, -0.1) is 0 Å². The predicted molar refractivity (Wildman–Crippen MR) is 338 cm³/mol. The van der Waals surface area contributed by atoms with Crippen molar-refractivity contribution in [2.24, 2.45) is 0 Å². The van der Waals surface area contributed by atoms with Gasteiger partial charge in [-0.3, -0.25) is 9.59 Å². The number of rotatable bonds is 67. The van der Waals surface area contributed by atoms with Gasteiger partial charge in [-0.05, 0) is 51.4 Å². The van der Waals surface area contributed by atoms with Crippen molar-refractivity contribution in [1.29, 1.82) is 0 Å². The Labute approximate surface area is 482 Å². The van der Waals surface area contributed by atoms with Crippen molar-refractivity contribution in [3.8, 4) is 0 Å². The molecule has 0 saturated carbocycles. The minimum absolute atomic E-state index is 0.0215. The number of nitrogens with one attached hydrogen (secondary N) is 1. The molecule has 458 valence electrons. The lowest BCUT2D eigenvalue weighted by Crippen LogP contribution is -2.45. The predicted octanol–water partition coefficient (Wildman–Crippen LogP) is 22.8. The van der Waals surface area contributed by atoms with E-state index in [-0.39, 0.29) is 18.5 Å². The third kappa shape index (κ3) is 63.6. The number of amides is 1. The topological polar surface area (TPSA) is 95.9 Å². The highest BCUT2D eigenvalue weighted by molar-refractivity contribution is 5.76. The highest BCUT2D eigenvalue weighted by atomic mass is 16.5. The molecule has 2 unspecified atom stereocenters. The van der Waals surface area contributed by atoms with Crippen molar-refractivity contribution in [2.75, 3.05) is 13.2 Å². The van der Waals surface area contributed by atoms with Gasteiger partial charge in [0.05, 0.1) is 25.4 Å². The molecule has 6 heteroatoms. The minimum Gasteiger partial charge on any atom is -0.466 e. The number of unbranched alkanes of at least 4 members (excludes halogenated alkanes) is 54. The van der Waals surface area contributed by atoms with E-state index in [2.05, 4.69) is 31.3 Å². The Bertz CT molecular complexity index is 1160. The van der Waals surface area contributed by atoms with Crippen LogP contribution >= 0.6 is 0 Å². The van der Waals surface area contributed by atoms with E-state index in [1.165, 1.54) is 334 Å². The van der Waals surface area contributed by atoms with Crippen LogP contribution in [0.15, 0.2) is 12.2 Å². The third-order valence-electron chi connectivity index (χ3n) is 16.8. The SMILES string of the molecule is CCCCCCCCCCCCCCCCCCC(=O)OCCCCCCCCCCCCCC/C=C\CCCCCCCCCCCCCCCCC(=O)NC(CO)C(O)CCCCCCCCCCCCCCCC. The molecule has 0 aliphatic rings. The summed E-state index contributed by atoms with van der Waals surface area (Å²) in [5.74, 6) is -0.00907. The van der Waals surface area contributed by atoms with Crippen LogP contribution in [0.1, 0.15) is 406 Å². The van der Waals surface area contributed by atoms with Crippen LogP contribution in [0.2, 0.25) is 0 Å². The molecule has 0 aromatic rings. The van der Waals surface area contributed by atoms with Crippen molar-refractivity contribution >= 4 is 11.9 Å². The molecule has 77 heavy (non-hydrogen) atoms. The summed E-state index contributed by atoms with van der Waals surface area (Å²) in [4.78, 5) is 24.6. The zero-order valence-corrected chi connectivity index (χ0v) is 52.5. The highest BCUT2D eigenvalue weighted by Gasteiger charge is 2.20. The molecule has 0 rings (SSSR count). The summed E-state index contributed by atoms with van der Waals surface area (Å²) in [6.45, 7) is 4.99. The van der Waals surface area contributed by atoms with Gasteiger partial charge in [0.25, 0.3) is 0 Å². The van der Waals surface area contributed by atoms with Gasteiger partial charge in [-0.25, -0.2) is 0 Å². The fourth-order valence-electron chi connectivity index (χ4n) is 11.4. The van der Waals surface area contributed by atoms with E-state index >= 15 is 0 Å². The van der Waals surface area contributed by atoms with Crippen LogP contribution in [-0.2, 0) is 14.3 Å². The van der Waals surface area contributed by atoms with Gasteiger partial charge in [0.15, 0.2) is 0 Å². The quantitative estimate of drug-likeness (QED) is 0.0320. The number of aliphatic hydroxyl groups excluding tert-OH is 2. The normalized spacial score (nSPS) is 12.5. The van der Waals surface area contributed by atoms with Gasteiger partial charge in [-0.1, -0.05) is 353 Å². The van der Waals surface area contributed by atoms with Crippen molar-refractivity contribution in [2.45, 2.75) is 418 Å². The minimum atomic E-state index is -0.662. The van der Waals surface area contributed by atoms with Gasteiger partial charge in [0.2, 0.25) is 5.91 Å². The molecule has 1 amide bonds. The summed E-state index contributed by atoms with van der Waals surface area (Å²) >= 11 is 0. The first-order valence-electron chi connectivity index (χ1n) is 35.4. The van der Waals surface area contributed by atoms with Gasteiger partial charge in [-0.2, -0.15) is 0 Å². The first kappa shape index (κ1) is 75.6. The molecule has 0 bridgehead atoms. The molecule has 0 heterocycles. The lowest BCUT2D eigenvalue weighted by Gasteiger charge is -2.22. The van der Waals surface area contributed by atoms with Crippen LogP contribution in [0, 0.1) is 0 Å². The van der Waals surface area contributed by atoms with Crippen LogP contribution in [0.4, 0.5) is 0 Å². The molecule has 2 atom stereocenters. The molecule has 0 fully saturated rings. The lowest BCUT2D eigenvalue weighted by atomic mass is 10.0. The number of esters is 1. The second-order valence-electron chi connectivity index (χ2n) is 24.6. The Morgan fingerprint density at radius 3 is 0.922 bits per heavy atom. The molecule has 6 nitrogen and oxygen atoms in total. The fourth-order valence-corrected chi connectivity index (χ4v) is 11.4. The zero-order valence-electron chi connectivity index (χ0n) is 52.5. The molecule has 0 radical (unpaired) electrons. The fraction of sp³-hybridized carbons (Fsp3) is 0.944. The van der Waals surface area contributed by atoms with Crippen molar-refractivity contribution < 1.29 is 24.5 Å². The number of hydrogen-bond acceptors (Lipinski definition) is 5. The molecule has 0 aromatic heterocycles. The van der Waals surface area contributed by atoms with Gasteiger partial charge < -0.3 is 20.3 Å². The van der Waals surface area contributed by atoms with Crippen molar-refractivity contribution in [3.05, 3.63) is 12.2 Å². The van der Waals surface area contributed by atoms with Gasteiger partial charge in [0.1, 0.15) is 0 Å². The van der Waals surface area contributed by atoms with E-state index in [0.717, 1.165) is 38.5 Å². The van der Waals surface area contributed by atoms with Gasteiger partial charge in [0, 0.05) is 12.8 Å². The van der Waals surface area contributed by atoms with E-state index in [4.69, 9.17) is 4.74 Å². The van der Waals surface area contributed by atoms with Crippen LogP contribution in [0.25, 0.3) is 0 Å². The summed E-state index contributed by atoms with van der Waals surface area (Å²) in [5.41, 5.74) is 0. The number of aliphatic hydroxyl groups is 2. The lowest BCUT2D eigenvalue weighted by molar-refractivity contribution is -0.143. The van der Waals surface area contributed by atoms with Crippen LogP contribution in [-0.4, -0.2) is 47.4 Å². The van der Waals surface area contributed by atoms with E-state index in [1.807, 2.05) is 0 Å². The maximum atomic E-state index is 12.5. The van der Waals surface area contributed by atoms with Crippen LogP contribution in [0.3, 0.4) is 0 Å². The second kappa shape index (κ2) is 67.1. The average Bonchev–Trinajstić information content (AvgIpc) is 3.43. The van der Waals surface area contributed by atoms with E-state index in [0.29, 0.717) is 25.9 Å². The summed E-state index contributed by atoms with van der Waals surface area (Å²) in [6.07, 6.45) is 82.7. The number of hydrogen-bond donors (Lipinski definition) is 3. The molecule has 0 aromatic carbocycles. The van der Waals surface area contributed by atoms with Crippen LogP contribution < -0.4 is 5.32 Å². The summed E-state index contributed by atoms with van der Waals surface area (Å²) < 4.78 is 5.50. The number of carbonyl (C=O) groups is 2. The number of ether oxygens (including phenoxy) is 1. The molecule has 3 N–H and O–H groups in total. The van der Waals surface area contributed by atoms with Gasteiger partial charge >= 0.3 is 5.97 Å². The second-order valence-corrected chi connectivity index (χ2v) is 24.6. The molecular formula is C71H139NO5. The molecule has 0 aliphatic heterocycles. The summed E-state index contributed by atoms with van der Waals surface area (Å²) in [6, 6.07) is -0.539. The summed E-state index contributed by atoms with van der Waals surface area (Å²) in [5, 5.41) is 23.3. The average molecular weight is 1090 g/mol. The highest BCUT2D eigenvalue weighted by Crippen LogP contribution is 2.19. The van der Waals surface area contributed by atoms with E-state index < -0.39 is 12.1 Å². The standard InChI is InChI=1S/C71H139NO5/c1-3-5-7-9-11-13-15-17-19-37-41-45-49-53-57-61-65-71(76)77-66-62-58-54-50-46-42-38-35-33-31-29-27-25-23-21-20-22-24-26-28-30-32-34-36-40-44-48-52-56-60-64-70(75)72-68(67-73)69(74)63-59-55-51-47-43-39-18-16-14-12-10-8-6-4-2/h21,23,68-69,73-74H,3-20,22,24-67H2,1-2H3,(H,72,75)/b23-21-. The van der Waals surface area contributed by atoms with Crippen molar-refractivity contribution in [1.82, 2.24) is 5.32 Å². The van der Waals surface area contributed by atoms with Crippen molar-refractivity contribution in [3.63, 3.8) is 0 Å². The van der Waals surface area contributed by atoms with E-state index in [9.17, 15) is 19.8 Å². The number of carbonyl (C=O) groups excluding carboxylic acids is 2. The number of allylic oxidation sites excluding steroid dienone is 2. The summed E-state index contributed by atoms with van der Waals surface area (Å²) in [7, 11) is 0. The first-order chi connectivity index (χ1) is 38.0. The molecular weight excluding hydrogens is 947 g/mol. The molecule has 0 aliphatic carbocycles. The first-order valence-corrected chi connectivity index (χ1v) is 35.4. The Morgan fingerprint density at radius 2 is 0.610 bits per heavy atom. The monoisotopic (exact) mass is 1090 g/mol. The third-order valence-corrected chi connectivity index (χ3v) is 16.8. The Morgan fingerprint density at radius 1 is 0.351 bits per heavy atom. The maximum absolute atomic E-state index is 12.5. The zero-order chi connectivity index (χ0) is 55.7. The Hall–Kier alpha value is -1.40. The molecule has 0 saturated heterocycles.